The van der Waals surface area contributed by atoms with Crippen molar-refractivity contribution in [3.8, 4) is 0 Å². The van der Waals surface area contributed by atoms with Crippen LogP contribution in [0.2, 0.25) is 0 Å². The summed E-state index contributed by atoms with van der Waals surface area (Å²) in [4.78, 5) is 0. The molecule has 0 fully saturated rings. The fraction of sp³-hybridized carbons (Fsp3) is 0.286. The highest BCUT2D eigenvalue weighted by Crippen LogP contribution is 2.23. The Hall–Kier alpha value is -1.34. The van der Waals surface area contributed by atoms with Gasteiger partial charge in [0.1, 0.15) is 0 Å². The molecule has 0 spiro atoms. The van der Waals surface area contributed by atoms with Gasteiger partial charge in [-0.2, -0.15) is 0 Å². The Labute approximate surface area is 90.9 Å². The third-order valence-corrected chi connectivity index (χ3v) is 3.02. The van der Waals surface area contributed by atoms with Crippen LogP contribution < -0.4 is 5.73 Å². The van der Waals surface area contributed by atoms with Crippen molar-refractivity contribution in [2.75, 3.05) is 6.54 Å². The molecule has 2 rings (SSSR count). The molecule has 0 aliphatic heterocycles. The standard InChI is InChI=1S/C14H17N/c1-2-11(10-15)14-8-7-12-5-3-4-6-13(12)9-14/h3-9,11H,2,10,15H2,1H3. The number of rotatable bonds is 3. The molecule has 0 bridgehead atoms. The van der Waals surface area contributed by atoms with E-state index in [-0.39, 0.29) is 0 Å². The van der Waals surface area contributed by atoms with E-state index in [0.29, 0.717) is 5.92 Å². The van der Waals surface area contributed by atoms with Crippen LogP contribution in [0.3, 0.4) is 0 Å². The summed E-state index contributed by atoms with van der Waals surface area (Å²) in [5.74, 6) is 0.495. The van der Waals surface area contributed by atoms with E-state index in [1.807, 2.05) is 0 Å². The lowest BCUT2D eigenvalue weighted by Gasteiger charge is -2.13. The molecule has 0 saturated heterocycles. The lowest BCUT2D eigenvalue weighted by Crippen LogP contribution is -2.11. The predicted molar refractivity (Wildman–Crippen MR) is 66.0 cm³/mol. The minimum absolute atomic E-state index is 0.495. The zero-order valence-electron chi connectivity index (χ0n) is 9.11. The summed E-state index contributed by atoms with van der Waals surface area (Å²) in [6, 6.07) is 15.1. The molecule has 0 aromatic heterocycles. The molecule has 2 N–H and O–H groups in total. The molecule has 2 aromatic rings. The highest BCUT2D eigenvalue weighted by atomic mass is 14.5. The molecule has 1 atom stereocenters. The molecule has 0 heterocycles. The zero-order valence-corrected chi connectivity index (χ0v) is 9.11. The molecule has 0 aliphatic carbocycles. The normalized spacial score (nSPS) is 12.9. The maximum absolute atomic E-state index is 5.76. The molecule has 0 radical (unpaired) electrons. The molecule has 15 heavy (non-hydrogen) atoms. The molecule has 1 heteroatoms. The van der Waals surface area contributed by atoms with Gasteiger partial charge in [-0.15, -0.1) is 0 Å². The van der Waals surface area contributed by atoms with Crippen molar-refractivity contribution in [1.82, 2.24) is 0 Å². The molecule has 0 saturated carbocycles. The first-order chi connectivity index (χ1) is 7.35. The van der Waals surface area contributed by atoms with E-state index in [4.69, 9.17) is 5.73 Å². The van der Waals surface area contributed by atoms with Gasteiger partial charge in [0, 0.05) is 0 Å². The SMILES string of the molecule is CCC(CN)c1ccc2ccccc2c1. The third-order valence-electron chi connectivity index (χ3n) is 3.02. The quantitative estimate of drug-likeness (QED) is 0.806. The van der Waals surface area contributed by atoms with Crippen molar-refractivity contribution in [2.24, 2.45) is 5.73 Å². The number of hydrogen-bond acceptors (Lipinski definition) is 1. The van der Waals surface area contributed by atoms with Crippen LogP contribution in [0.25, 0.3) is 10.8 Å². The van der Waals surface area contributed by atoms with Gasteiger partial charge in [0.15, 0.2) is 0 Å². The maximum Gasteiger partial charge on any atom is -0.000834 e. The Morgan fingerprint density at radius 2 is 1.80 bits per heavy atom. The van der Waals surface area contributed by atoms with E-state index in [1.165, 1.54) is 16.3 Å². The molecular formula is C14H17N. The monoisotopic (exact) mass is 199 g/mol. The van der Waals surface area contributed by atoms with Gasteiger partial charge in [-0.3, -0.25) is 0 Å². The second-order valence-corrected chi connectivity index (χ2v) is 3.95. The summed E-state index contributed by atoms with van der Waals surface area (Å²) >= 11 is 0. The van der Waals surface area contributed by atoms with Crippen molar-refractivity contribution in [3.63, 3.8) is 0 Å². The van der Waals surface area contributed by atoms with Crippen molar-refractivity contribution in [2.45, 2.75) is 19.3 Å². The molecule has 78 valence electrons. The van der Waals surface area contributed by atoms with E-state index >= 15 is 0 Å². The second-order valence-electron chi connectivity index (χ2n) is 3.95. The molecule has 1 unspecified atom stereocenters. The Balaban J connectivity index is 2.46. The molecular weight excluding hydrogens is 182 g/mol. The van der Waals surface area contributed by atoms with Crippen LogP contribution in [0.4, 0.5) is 0 Å². The van der Waals surface area contributed by atoms with Crippen LogP contribution >= 0.6 is 0 Å². The van der Waals surface area contributed by atoms with Gasteiger partial charge in [-0.05, 0) is 35.2 Å². The Bertz CT molecular complexity index is 444. The van der Waals surface area contributed by atoms with Crippen LogP contribution in [0.15, 0.2) is 42.5 Å². The fourth-order valence-corrected chi connectivity index (χ4v) is 2.00. The Morgan fingerprint density at radius 1 is 1.07 bits per heavy atom. The van der Waals surface area contributed by atoms with E-state index in [9.17, 15) is 0 Å². The fourth-order valence-electron chi connectivity index (χ4n) is 2.00. The maximum atomic E-state index is 5.76. The molecule has 1 nitrogen and oxygen atoms in total. The summed E-state index contributed by atoms with van der Waals surface area (Å²) in [6.45, 7) is 2.92. The van der Waals surface area contributed by atoms with Crippen LogP contribution in [0.5, 0.6) is 0 Å². The molecule has 0 aliphatic rings. The highest BCUT2D eigenvalue weighted by Gasteiger charge is 2.06. The van der Waals surface area contributed by atoms with E-state index < -0.39 is 0 Å². The lowest BCUT2D eigenvalue weighted by molar-refractivity contribution is 0.675. The minimum Gasteiger partial charge on any atom is -0.330 e. The predicted octanol–water partition coefficient (Wildman–Crippen LogP) is 3.29. The van der Waals surface area contributed by atoms with Gasteiger partial charge >= 0.3 is 0 Å². The van der Waals surface area contributed by atoms with Gasteiger partial charge in [-0.1, -0.05) is 49.4 Å². The minimum atomic E-state index is 0.495. The zero-order chi connectivity index (χ0) is 10.7. The van der Waals surface area contributed by atoms with Gasteiger partial charge in [0.05, 0.1) is 0 Å². The average molecular weight is 199 g/mol. The summed E-state index contributed by atoms with van der Waals surface area (Å²) in [7, 11) is 0. The van der Waals surface area contributed by atoms with Crippen molar-refractivity contribution < 1.29 is 0 Å². The number of hydrogen-bond donors (Lipinski definition) is 1. The summed E-state index contributed by atoms with van der Waals surface area (Å²) in [5.41, 5.74) is 7.12. The first-order valence-electron chi connectivity index (χ1n) is 5.54. The van der Waals surface area contributed by atoms with Crippen LogP contribution in [0, 0.1) is 0 Å². The van der Waals surface area contributed by atoms with E-state index in [2.05, 4.69) is 49.4 Å². The van der Waals surface area contributed by atoms with Gasteiger partial charge in [0.2, 0.25) is 0 Å². The van der Waals surface area contributed by atoms with Crippen molar-refractivity contribution in [1.29, 1.82) is 0 Å². The van der Waals surface area contributed by atoms with Crippen LogP contribution in [-0.4, -0.2) is 6.54 Å². The Morgan fingerprint density at radius 3 is 2.47 bits per heavy atom. The Kier molecular flexibility index (Phi) is 3.02. The van der Waals surface area contributed by atoms with Crippen molar-refractivity contribution >= 4 is 10.8 Å². The summed E-state index contributed by atoms with van der Waals surface area (Å²) in [5, 5.41) is 2.61. The van der Waals surface area contributed by atoms with Gasteiger partial charge in [-0.25, -0.2) is 0 Å². The summed E-state index contributed by atoms with van der Waals surface area (Å²) < 4.78 is 0. The summed E-state index contributed by atoms with van der Waals surface area (Å²) in [6.07, 6.45) is 1.11. The number of fused-ring (bicyclic) bond motifs is 1. The first kappa shape index (κ1) is 10.2. The van der Waals surface area contributed by atoms with Crippen LogP contribution in [-0.2, 0) is 0 Å². The van der Waals surface area contributed by atoms with Crippen molar-refractivity contribution in [3.05, 3.63) is 48.0 Å². The molecule has 2 aromatic carbocycles. The third kappa shape index (κ3) is 2.02. The first-order valence-corrected chi connectivity index (χ1v) is 5.54. The number of nitrogens with two attached hydrogens (primary N) is 1. The average Bonchev–Trinajstić information content (AvgIpc) is 2.30. The molecule has 0 amide bonds. The van der Waals surface area contributed by atoms with E-state index in [0.717, 1.165) is 13.0 Å². The highest BCUT2D eigenvalue weighted by molar-refractivity contribution is 5.83. The number of benzene rings is 2. The smallest absolute Gasteiger partial charge is 0.000834 e. The second kappa shape index (κ2) is 4.45. The lowest BCUT2D eigenvalue weighted by atomic mass is 9.94. The van der Waals surface area contributed by atoms with Gasteiger partial charge in [0.25, 0.3) is 0 Å². The van der Waals surface area contributed by atoms with E-state index in [1.54, 1.807) is 0 Å². The topological polar surface area (TPSA) is 26.0 Å². The van der Waals surface area contributed by atoms with Crippen LogP contribution in [0.1, 0.15) is 24.8 Å². The largest absolute Gasteiger partial charge is 0.330 e. The van der Waals surface area contributed by atoms with Gasteiger partial charge < -0.3 is 5.73 Å².